The maximum absolute atomic E-state index is 13.4. The molecule has 0 spiro atoms. The molecule has 0 saturated heterocycles. The Bertz CT molecular complexity index is 422. The molecule has 2 nitrogen and oxygen atoms in total. The molecule has 3 heteroatoms. The van der Waals surface area contributed by atoms with Crippen LogP contribution in [0.1, 0.15) is 30.5 Å². The molecule has 16 heavy (non-hydrogen) atoms. The maximum atomic E-state index is 13.4. The average molecular weight is 218 g/mol. The van der Waals surface area contributed by atoms with Crippen molar-refractivity contribution in [1.82, 2.24) is 5.32 Å². The van der Waals surface area contributed by atoms with Crippen molar-refractivity contribution in [1.29, 1.82) is 5.26 Å². The summed E-state index contributed by atoms with van der Waals surface area (Å²) in [5, 5.41) is 12.0. The summed E-state index contributed by atoms with van der Waals surface area (Å²) in [5.74, 6) is -0.104. The predicted molar refractivity (Wildman–Crippen MR) is 60.2 cm³/mol. The smallest absolute Gasteiger partial charge is 0.126 e. The van der Waals surface area contributed by atoms with Crippen molar-refractivity contribution in [3.63, 3.8) is 0 Å². The van der Waals surface area contributed by atoms with Crippen LogP contribution in [-0.2, 0) is 6.42 Å². The number of nitrogens with one attached hydrogen (secondary N) is 1. The van der Waals surface area contributed by atoms with Gasteiger partial charge in [0, 0.05) is 12.6 Å². The van der Waals surface area contributed by atoms with Crippen molar-refractivity contribution in [2.75, 3.05) is 6.54 Å². The Balaban J connectivity index is 2.07. The van der Waals surface area contributed by atoms with Crippen LogP contribution in [0.4, 0.5) is 4.39 Å². The molecule has 84 valence electrons. The Morgan fingerprint density at radius 3 is 3.19 bits per heavy atom. The predicted octanol–water partition coefficient (Wildman–Crippen LogP) is 2.56. The maximum Gasteiger partial charge on any atom is 0.126 e. The molecule has 2 unspecified atom stereocenters. The first-order chi connectivity index (χ1) is 7.72. The third kappa shape index (κ3) is 2.07. The molecule has 0 bridgehead atoms. The number of rotatable bonds is 3. The van der Waals surface area contributed by atoms with E-state index in [1.807, 2.05) is 13.0 Å². The molecule has 0 aliphatic heterocycles. The van der Waals surface area contributed by atoms with E-state index in [9.17, 15) is 4.39 Å². The van der Waals surface area contributed by atoms with Crippen LogP contribution in [0.15, 0.2) is 18.2 Å². The standard InChI is InChI=1S/C13H15FN2/c1-9(7-15)8-16-13-6-5-10-11(13)3-2-4-12(10)14/h2-4,9,13,16H,5-6,8H2,1H3. The van der Waals surface area contributed by atoms with Crippen molar-refractivity contribution < 1.29 is 4.39 Å². The van der Waals surface area contributed by atoms with Gasteiger partial charge in [-0.2, -0.15) is 5.26 Å². The molecular weight excluding hydrogens is 203 g/mol. The fraction of sp³-hybridized carbons (Fsp3) is 0.462. The van der Waals surface area contributed by atoms with Gasteiger partial charge in [0.05, 0.1) is 12.0 Å². The third-order valence-corrected chi connectivity index (χ3v) is 3.10. The molecule has 0 saturated carbocycles. The number of benzene rings is 1. The van der Waals surface area contributed by atoms with E-state index in [0.717, 1.165) is 24.0 Å². The Morgan fingerprint density at radius 2 is 2.44 bits per heavy atom. The summed E-state index contributed by atoms with van der Waals surface area (Å²) >= 11 is 0. The molecule has 1 aromatic rings. The van der Waals surface area contributed by atoms with Crippen LogP contribution in [-0.4, -0.2) is 6.54 Å². The zero-order chi connectivity index (χ0) is 11.5. The number of hydrogen-bond acceptors (Lipinski definition) is 2. The highest BCUT2D eigenvalue weighted by molar-refractivity contribution is 5.35. The number of hydrogen-bond donors (Lipinski definition) is 1. The number of nitrogens with zero attached hydrogens (tertiary/aromatic N) is 1. The van der Waals surface area contributed by atoms with Crippen LogP contribution in [0, 0.1) is 23.1 Å². The summed E-state index contributed by atoms with van der Waals surface area (Å²) in [6.07, 6.45) is 1.72. The van der Waals surface area contributed by atoms with E-state index in [0.29, 0.717) is 6.54 Å². The molecule has 2 rings (SSSR count). The van der Waals surface area contributed by atoms with Crippen LogP contribution in [0.25, 0.3) is 0 Å². The summed E-state index contributed by atoms with van der Waals surface area (Å²) in [6.45, 7) is 2.55. The first-order valence-electron chi connectivity index (χ1n) is 5.62. The molecule has 0 amide bonds. The minimum absolute atomic E-state index is 0.00221. The molecule has 1 aliphatic rings. The molecule has 1 N–H and O–H groups in total. The second kappa shape index (κ2) is 4.63. The summed E-state index contributed by atoms with van der Waals surface area (Å²) in [4.78, 5) is 0. The van der Waals surface area contributed by atoms with Crippen LogP contribution < -0.4 is 5.32 Å². The molecule has 0 radical (unpaired) electrons. The highest BCUT2D eigenvalue weighted by Crippen LogP contribution is 2.32. The first kappa shape index (κ1) is 11.1. The Kier molecular flexibility index (Phi) is 3.21. The van der Waals surface area contributed by atoms with Crippen LogP contribution in [0.5, 0.6) is 0 Å². The van der Waals surface area contributed by atoms with Crippen molar-refractivity contribution >= 4 is 0 Å². The Labute approximate surface area is 95.1 Å². The van der Waals surface area contributed by atoms with Crippen molar-refractivity contribution in [3.8, 4) is 6.07 Å². The van der Waals surface area contributed by atoms with Gasteiger partial charge in [0.25, 0.3) is 0 Å². The zero-order valence-electron chi connectivity index (χ0n) is 9.33. The first-order valence-corrected chi connectivity index (χ1v) is 5.62. The van der Waals surface area contributed by atoms with Crippen LogP contribution in [0.2, 0.25) is 0 Å². The number of nitriles is 1. The quantitative estimate of drug-likeness (QED) is 0.846. The van der Waals surface area contributed by atoms with Crippen molar-refractivity contribution in [2.45, 2.75) is 25.8 Å². The van der Waals surface area contributed by atoms with Gasteiger partial charge in [-0.1, -0.05) is 12.1 Å². The normalized spacial score (nSPS) is 20.2. The van der Waals surface area contributed by atoms with E-state index in [2.05, 4.69) is 11.4 Å². The van der Waals surface area contributed by atoms with Crippen molar-refractivity contribution in [2.24, 2.45) is 5.92 Å². The lowest BCUT2D eigenvalue weighted by Crippen LogP contribution is -2.24. The van der Waals surface area contributed by atoms with Crippen LogP contribution in [0.3, 0.4) is 0 Å². The highest BCUT2D eigenvalue weighted by Gasteiger charge is 2.24. The van der Waals surface area contributed by atoms with E-state index in [-0.39, 0.29) is 17.8 Å². The lowest BCUT2D eigenvalue weighted by atomic mass is 10.1. The van der Waals surface area contributed by atoms with Crippen molar-refractivity contribution in [3.05, 3.63) is 35.1 Å². The Morgan fingerprint density at radius 1 is 1.62 bits per heavy atom. The van der Waals surface area contributed by atoms with Gasteiger partial charge >= 0.3 is 0 Å². The van der Waals surface area contributed by atoms with Crippen LogP contribution >= 0.6 is 0 Å². The van der Waals surface area contributed by atoms with Gasteiger partial charge in [-0.05, 0) is 37.0 Å². The highest BCUT2D eigenvalue weighted by atomic mass is 19.1. The Hall–Kier alpha value is -1.40. The second-order valence-corrected chi connectivity index (χ2v) is 4.34. The SMILES string of the molecule is CC(C#N)CNC1CCc2c(F)cccc21. The van der Waals surface area contributed by atoms with E-state index in [4.69, 9.17) is 5.26 Å². The summed E-state index contributed by atoms with van der Waals surface area (Å²) < 4.78 is 13.4. The average Bonchev–Trinajstić information content (AvgIpc) is 2.70. The zero-order valence-corrected chi connectivity index (χ0v) is 9.33. The summed E-state index contributed by atoms with van der Waals surface area (Å²) in [7, 11) is 0. The second-order valence-electron chi connectivity index (χ2n) is 4.34. The van der Waals surface area contributed by atoms with Gasteiger partial charge in [0.15, 0.2) is 0 Å². The lowest BCUT2D eigenvalue weighted by Gasteiger charge is -2.14. The van der Waals surface area contributed by atoms with Gasteiger partial charge in [-0.15, -0.1) is 0 Å². The minimum atomic E-state index is -0.102. The van der Waals surface area contributed by atoms with E-state index >= 15 is 0 Å². The van der Waals surface area contributed by atoms with E-state index in [1.165, 1.54) is 6.07 Å². The minimum Gasteiger partial charge on any atom is -0.309 e. The molecule has 1 aliphatic carbocycles. The van der Waals surface area contributed by atoms with Gasteiger partial charge < -0.3 is 5.32 Å². The topological polar surface area (TPSA) is 35.8 Å². The summed E-state index contributed by atoms with van der Waals surface area (Å²) in [6, 6.07) is 7.63. The largest absolute Gasteiger partial charge is 0.309 e. The molecule has 2 atom stereocenters. The van der Waals surface area contributed by atoms with Gasteiger partial charge in [-0.3, -0.25) is 0 Å². The molecule has 0 fully saturated rings. The monoisotopic (exact) mass is 218 g/mol. The van der Waals surface area contributed by atoms with E-state index in [1.54, 1.807) is 6.07 Å². The molecule has 0 heterocycles. The molecule has 1 aromatic carbocycles. The number of halogens is 1. The van der Waals surface area contributed by atoms with E-state index < -0.39 is 0 Å². The van der Waals surface area contributed by atoms with Gasteiger partial charge in [-0.25, -0.2) is 4.39 Å². The summed E-state index contributed by atoms with van der Waals surface area (Å²) in [5.41, 5.74) is 1.90. The molecule has 0 aromatic heterocycles. The van der Waals surface area contributed by atoms with Gasteiger partial charge in [0.2, 0.25) is 0 Å². The lowest BCUT2D eigenvalue weighted by molar-refractivity contribution is 0.496. The fourth-order valence-electron chi connectivity index (χ4n) is 2.19. The number of fused-ring (bicyclic) bond motifs is 1. The third-order valence-electron chi connectivity index (χ3n) is 3.10. The fourth-order valence-corrected chi connectivity index (χ4v) is 2.19. The van der Waals surface area contributed by atoms with Gasteiger partial charge in [0.1, 0.15) is 5.82 Å². The molecular formula is C13H15FN2.